The molecule has 0 bridgehead atoms. The van der Waals surface area contributed by atoms with Crippen LogP contribution < -0.4 is 16.2 Å². The molecule has 0 aromatic heterocycles. The molecule has 0 radical (unpaired) electrons. The van der Waals surface area contributed by atoms with Crippen LogP contribution in [-0.4, -0.2) is 13.2 Å². The zero-order chi connectivity index (χ0) is 9.84. The molecule has 13 heavy (non-hydrogen) atoms. The van der Waals surface area contributed by atoms with E-state index >= 15 is 0 Å². The smallest absolute Gasteiger partial charge is 0.141 e. The van der Waals surface area contributed by atoms with Gasteiger partial charge in [0.25, 0.3) is 0 Å². The van der Waals surface area contributed by atoms with Gasteiger partial charge in [0.05, 0.1) is 12.8 Å². The Morgan fingerprint density at radius 2 is 2.15 bits per heavy atom. The van der Waals surface area contributed by atoms with Crippen LogP contribution in [0.25, 0.3) is 0 Å². The van der Waals surface area contributed by atoms with E-state index in [-0.39, 0.29) is 6.04 Å². The Balaban J connectivity index is 2.83. The number of methoxy groups -OCH3 is 1. The van der Waals surface area contributed by atoms with Crippen LogP contribution in [0.1, 0.15) is 12.5 Å². The third-order valence-electron chi connectivity index (χ3n) is 1.85. The highest BCUT2D eigenvalue weighted by Crippen LogP contribution is 2.22. The van der Waals surface area contributed by atoms with Crippen molar-refractivity contribution in [2.45, 2.75) is 19.4 Å². The fraction of sp³-hybridized carbons (Fsp3) is 0.400. The van der Waals surface area contributed by atoms with E-state index in [0.717, 1.165) is 12.0 Å². The normalized spacial score (nSPS) is 12.5. The molecular weight excluding hydrogens is 164 g/mol. The van der Waals surface area contributed by atoms with Crippen molar-refractivity contribution in [2.24, 2.45) is 5.73 Å². The Morgan fingerprint density at radius 3 is 2.62 bits per heavy atom. The number of ether oxygens (including phenoxy) is 1. The van der Waals surface area contributed by atoms with Crippen molar-refractivity contribution in [1.82, 2.24) is 0 Å². The summed E-state index contributed by atoms with van der Waals surface area (Å²) in [5.41, 5.74) is 13.2. The predicted octanol–water partition coefficient (Wildman–Crippen LogP) is 1.17. The maximum absolute atomic E-state index is 5.74. The molecule has 0 fully saturated rings. The third-order valence-corrected chi connectivity index (χ3v) is 1.85. The van der Waals surface area contributed by atoms with E-state index in [0.29, 0.717) is 11.4 Å². The minimum atomic E-state index is 0.160. The number of benzene rings is 1. The van der Waals surface area contributed by atoms with E-state index in [1.54, 1.807) is 7.11 Å². The zero-order valence-corrected chi connectivity index (χ0v) is 8.08. The molecule has 72 valence electrons. The highest BCUT2D eigenvalue weighted by atomic mass is 16.5. The van der Waals surface area contributed by atoms with Gasteiger partial charge in [-0.05, 0) is 31.0 Å². The van der Waals surface area contributed by atoms with Crippen molar-refractivity contribution >= 4 is 5.69 Å². The molecule has 0 amide bonds. The topological polar surface area (TPSA) is 61.3 Å². The Labute approximate surface area is 78.7 Å². The maximum Gasteiger partial charge on any atom is 0.141 e. The van der Waals surface area contributed by atoms with Gasteiger partial charge in [0.1, 0.15) is 5.75 Å². The molecule has 0 aliphatic rings. The summed E-state index contributed by atoms with van der Waals surface area (Å²) in [7, 11) is 1.61. The highest BCUT2D eigenvalue weighted by Gasteiger charge is 2.02. The summed E-state index contributed by atoms with van der Waals surface area (Å²) in [4.78, 5) is 0. The van der Waals surface area contributed by atoms with Crippen LogP contribution in [0.15, 0.2) is 18.2 Å². The predicted molar refractivity (Wildman–Crippen MR) is 54.8 cm³/mol. The number of hydrogen-bond donors (Lipinski definition) is 2. The van der Waals surface area contributed by atoms with Crippen LogP contribution in [0.2, 0.25) is 0 Å². The van der Waals surface area contributed by atoms with Gasteiger partial charge >= 0.3 is 0 Å². The lowest BCUT2D eigenvalue weighted by atomic mass is 10.1. The molecule has 1 aromatic carbocycles. The summed E-state index contributed by atoms with van der Waals surface area (Å²) >= 11 is 0. The first-order chi connectivity index (χ1) is 6.13. The van der Waals surface area contributed by atoms with Gasteiger partial charge in [0.2, 0.25) is 0 Å². The number of rotatable bonds is 3. The summed E-state index contributed by atoms with van der Waals surface area (Å²) in [5, 5.41) is 0. The zero-order valence-electron chi connectivity index (χ0n) is 8.08. The quantitative estimate of drug-likeness (QED) is 0.686. The first-order valence-corrected chi connectivity index (χ1v) is 4.31. The van der Waals surface area contributed by atoms with E-state index < -0.39 is 0 Å². The minimum absolute atomic E-state index is 0.160. The van der Waals surface area contributed by atoms with Crippen molar-refractivity contribution in [1.29, 1.82) is 0 Å². The number of nitrogen functional groups attached to an aromatic ring is 1. The van der Waals surface area contributed by atoms with Gasteiger partial charge in [0.15, 0.2) is 0 Å². The SMILES string of the molecule is COc1ccc(CC(C)N)cc1N. The molecule has 1 rings (SSSR count). The summed E-state index contributed by atoms with van der Waals surface area (Å²) in [5.74, 6) is 0.716. The van der Waals surface area contributed by atoms with Crippen molar-refractivity contribution in [3.8, 4) is 5.75 Å². The minimum Gasteiger partial charge on any atom is -0.495 e. The molecule has 0 heterocycles. The first-order valence-electron chi connectivity index (χ1n) is 4.31. The molecule has 0 saturated heterocycles. The van der Waals surface area contributed by atoms with E-state index in [1.165, 1.54) is 0 Å². The van der Waals surface area contributed by atoms with Gasteiger partial charge in [-0.3, -0.25) is 0 Å². The second-order valence-electron chi connectivity index (χ2n) is 3.26. The van der Waals surface area contributed by atoms with Crippen LogP contribution in [-0.2, 0) is 6.42 Å². The van der Waals surface area contributed by atoms with Crippen LogP contribution in [0.4, 0.5) is 5.69 Å². The van der Waals surface area contributed by atoms with Gasteiger partial charge in [-0.2, -0.15) is 0 Å². The van der Waals surface area contributed by atoms with E-state index in [1.807, 2.05) is 25.1 Å². The van der Waals surface area contributed by atoms with Gasteiger partial charge in [-0.25, -0.2) is 0 Å². The molecule has 1 aromatic rings. The molecule has 4 N–H and O–H groups in total. The summed E-state index contributed by atoms with van der Waals surface area (Å²) in [6, 6.07) is 5.92. The molecular formula is C10H16N2O. The Kier molecular flexibility index (Phi) is 3.14. The van der Waals surface area contributed by atoms with Gasteiger partial charge in [0, 0.05) is 6.04 Å². The van der Waals surface area contributed by atoms with Crippen LogP contribution in [0.3, 0.4) is 0 Å². The molecule has 0 saturated carbocycles. The average Bonchev–Trinajstić information content (AvgIpc) is 2.03. The van der Waals surface area contributed by atoms with Crippen molar-refractivity contribution in [3.63, 3.8) is 0 Å². The fourth-order valence-electron chi connectivity index (χ4n) is 1.28. The highest BCUT2D eigenvalue weighted by molar-refractivity contribution is 5.54. The number of anilines is 1. The van der Waals surface area contributed by atoms with Crippen LogP contribution in [0, 0.1) is 0 Å². The largest absolute Gasteiger partial charge is 0.495 e. The monoisotopic (exact) mass is 180 g/mol. The Morgan fingerprint density at radius 1 is 1.46 bits per heavy atom. The van der Waals surface area contributed by atoms with E-state index in [2.05, 4.69) is 0 Å². The third kappa shape index (κ3) is 2.63. The molecule has 0 spiro atoms. The lowest BCUT2D eigenvalue weighted by molar-refractivity contribution is 0.417. The summed E-state index contributed by atoms with van der Waals surface area (Å²) in [6.45, 7) is 1.97. The lowest BCUT2D eigenvalue weighted by Gasteiger charge is -2.08. The maximum atomic E-state index is 5.74. The van der Waals surface area contributed by atoms with Crippen molar-refractivity contribution in [3.05, 3.63) is 23.8 Å². The molecule has 1 unspecified atom stereocenters. The van der Waals surface area contributed by atoms with Gasteiger partial charge in [-0.15, -0.1) is 0 Å². The molecule has 3 nitrogen and oxygen atoms in total. The molecule has 0 aliphatic heterocycles. The standard InChI is InChI=1S/C10H16N2O/c1-7(11)5-8-3-4-10(13-2)9(12)6-8/h3-4,6-7H,5,11-12H2,1-2H3. The summed E-state index contributed by atoms with van der Waals surface area (Å²) < 4.78 is 5.05. The number of hydrogen-bond acceptors (Lipinski definition) is 3. The second kappa shape index (κ2) is 4.14. The van der Waals surface area contributed by atoms with Crippen molar-refractivity contribution in [2.75, 3.05) is 12.8 Å². The Hall–Kier alpha value is -1.22. The Bertz CT molecular complexity index is 284. The van der Waals surface area contributed by atoms with E-state index in [4.69, 9.17) is 16.2 Å². The average molecular weight is 180 g/mol. The second-order valence-corrected chi connectivity index (χ2v) is 3.26. The van der Waals surface area contributed by atoms with Crippen LogP contribution >= 0.6 is 0 Å². The van der Waals surface area contributed by atoms with Gasteiger partial charge < -0.3 is 16.2 Å². The summed E-state index contributed by atoms with van der Waals surface area (Å²) in [6.07, 6.45) is 0.841. The molecule has 3 heteroatoms. The lowest BCUT2D eigenvalue weighted by Crippen LogP contribution is -2.17. The van der Waals surface area contributed by atoms with Crippen LogP contribution in [0.5, 0.6) is 5.75 Å². The van der Waals surface area contributed by atoms with Gasteiger partial charge in [-0.1, -0.05) is 6.07 Å². The fourth-order valence-corrected chi connectivity index (χ4v) is 1.28. The van der Waals surface area contributed by atoms with Crippen molar-refractivity contribution < 1.29 is 4.74 Å². The molecule has 0 aliphatic carbocycles. The molecule has 1 atom stereocenters. The van der Waals surface area contributed by atoms with E-state index in [9.17, 15) is 0 Å². The number of nitrogens with two attached hydrogens (primary N) is 2. The first kappa shape index (κ1) is 9.86.